The molecule has 26 heavy (non-hydrogen) atoms. The van der Waals surface area contributed by atoms with Crippen LogP contribution in [0.3, 0.4) is 0 Å². The predicted molar refractivity (Wildman–Crippen MR) is 99.2 cm³/mol. The smallest absolute Gasteiger partial charge is 0.261 e. The molecule has 0 bridgehead atoms. The van der Waals surface area contributed by atoms with Crippen molar-refractivity contribution < 1.29 is 17.6 Å². The first kappa shape index (κ1) is 19.9. The molecule has 140 valence electrons. The zero-order chi connectivity index (χ0) is 19.2. The second-order valence-corrected chi connectivity index (χ2v) is 7.73. The van der Waals surface area contributed by atoms with Crippen LogP contribution in [-0.2, 0) is 10.0 Å². The third kappa shape index (κ3) is 5.82. The molecule has 0 saturated carbocycles. The van der Waals surface area contributed by atoms with Crippen molar-refractivity contribution in [2.24, 2.45) is 0 Å². The number of hydrogen-bond donors (Lipinski definition) is 2. The van der Waals surface area contributed by atoms with Crippen LogP contribution >= 0.6 is 0 Å². The minimum absolute atomic E-state index is 0.0402. The zero-order valence-corrected chi connectivity index (χ0v) is 15.5. The second-order valence-electron chi connectivity index (χ2n) is 6.05. The van der Waals surface area contributed by atoms with Crippen LogP contribution in [0.2, 0.25) is 0 Å². The number of nitrogens with zero attached hydrogens (tertiary/aromatic N) is 1. The van der Waals surface area contributed by atoms with Crippen LogP contribution in [-0.4, -0.2) is 46.4 Å². The van der Waals surface area contributed by atoms with Crippen molar-refractivity contribution in [2.45, 2.75) is 11.3 Å². The Hall–Kier alpha value is -2.45. The molecule has 2 aromatic carbocycles. The molecule has 0 spiro atoms. The third-order valence-corrected chi connectivity index (χ3v) is 4.99. The highest BCUT2D eigenvalue weighted by Gasteiger charge is 2.14. The van der Waals surface area contributed by atoms with E-state index in [1.165, 1.54) is 24.3 Å². The Morgan fingerprint density at radius 1 is 1.04 bits per heavy atom. The molecule has 8 heteroatoms. The van der Waals surface area contributed by atoms with Crippen LogP contribution in [0.25, 0.3) is 0 Å². The second kappa shape index (κ2) is 8.77. The van der Waals surface area contributed by atoms with Gasteiger partial charge in [0.05, 0.1) is 4.90 Å². The van der Waals surface area contributed by atoms with Gasteiger partial charge in [-0.2, -0.15) is 0 Å². The summed E-state index contributed by atoms with van der Waals surface area (Å²) in [6.45, 7) is 1.44. The predicted octanol–water partition coefficient (Wildman–Crippen LogP) is 2.31. The summed E-state index contributed by atoms with van der Waals surface area (Å²) in [6.07, 6.45) is 0.842. The fraction of sp³-hybridized carbons (Fsp3) is 0.278. The lowest BCUT2D eigenvalue weighted by Crippen LogP contribution is -2.27. The fourth-order valence-corrected chi connectivity index (χ4v) is 3.28. The zero-order valence-electron chi connectivity index (χ0n) is 14.7. The highest BCUT2D eigenvalue weighted by Crippen LogP contribution is 2.17. The van der Waals surface area contributed by atoms with E-state index in [1.54, 1.807) is 12.1 Å². The van der Waals surface area contributed by atoms with E-state index in [-0.39, 0.29) is 10.8 Å². The SMILES string of the molecule is CN(C)CCCNC(=O)c1ccc(NS(=O)(=O)c2ccc(F)cc2)cc1. The standard InChI is InChI=1S/C18H22FN3O3S/c1-22(2)13-3-12-20-18(23)14-4-8-16(9-5-14)21-26(24,25)17-10-6-15(19)7-11-17/h4-11,21H,3,12-13H2,1-2H3,(H,20,23). The van der Waals surface area contributed by atoms with Gasteiger partial charge in [0, 0.05) is 17.8 Å². The van der Waals surface area contributed by atoms with E-state index in [2.05, 4.69) is 10.0 Å². The van der Waals surface area contributed by atoms with Gasteiger partial charge in [-0.3, -0.25) is 9.52 Å². The maximum Gasteiger partial charge on any atom is 0.261 e. The molecular weight excluding hydrogens is 357 g/mol. The van der Waals surface area contributed by atoms with Crippen molar-refractivity contribution in [3.05, 3.63) is 59.9 Å². The Bertz CT molecular complexity index is 835. The Morgan fingerprint density at radius 2 is 1.65 bits per heavy atom. The summed E-state index contributed by atoms with van der Waals surface area (Å²) < 4.78 is 39.8. The number of amides is 1. The number of carbonyl (C=O) groups excluding carboxylic acids is 1. The van der Waals surface area contributed by atoms with Crippen molar-refractivity contribution in [1.29, 1.82) is 0 Å². The van der Waals surface area contributed by atoms with Gasteiger partial charge in [-0.15, -0.1) is 0 Å². The first-order valence-corrected chi connectivity index (χ1v) is 9.57. The van der Waals surface area contributed by atoms with Crippen molar-refractivity contribution in [2.75, 3.05) is 31.9 Å². The Labute approximate surface area is 153 Å². The monoisotopic (exact) mass is 379 g/mol. The highest BCUT2D eigenvalue weighted by molar-refractivity contribution is 7.92. The molecule has 2 N–H and O–H groups in total. The number of nitrogens with one attached hydrogen (secondary N) is 2. The molecular formula is C18H22FN3O3S. The number of rotatable bonds is 8. The van der Waals surface area contributed by atoms with Gasteiger partial charge >= 0.3 is 0 Å². The molecule has 2 rings (SSSR count). The molecule has 0 unspecified atom stereocenters. The van der Waals surface area contributed by atoms with Crippen molar-refractivity contribution in [3.63, 3.8) is 0 Å². The molecule has 0 atom stereocenters. The van der Waals surface area contributed by atoms with Crippen molar-refractivity contribution in [1.82, 2.24) is 10.2 Å². The Kier molecular flexibility index (Phi) is 6.70. The van der Waals surface area contributed by atoms with Gasteiger partial charge in [0.15, 0.2) is 0 Å². The minimum Gasteiger partial charge on any atom is -0.352 e. The summed E-state index contributed by atoms with van der Waals surface area (Å²) in [4.78, 5) is 14.0. The van der Waals surface area contributed by atoms with E-state index in [4.69, 9.17) is 0 Å². The molecule has 6 nitrogen and oxygen atoms in total. The molecule has 0 aromatic heterocycles. The third-order valence-electron chi connectivity index (χ3n) is 3.59. The number of anilines is 1. The van der Waals surface area contributed by atoms with E-state index in [0.717, 1.165) is 25.1 Å². The first-order valence-electron chi connectivity index (χ1n) is 8.09. The minimum atomic E-state index is -3.81. The van der Waals surface area contributed by atoms with Gasteiger partial charge in [0.1, 0.15) is 5.82 Å². The van der Waals surface area contributed by atoms with Gasteiger partial charge in [-0.1, -0.05) is 0 Å². The largest absolute Gasteiger partial charge is 0.352 e. The maximum atomic E-state index is 12.9. The lowest BCUT2D eigenvalue weighted by atomic mass is 10.2. The molecule has 0 radical (unpaired) electrons. The maximum absolute atomic E-state index is 12.9. The summed E-state index contributed by atoms with van der Waals surface area (Å²) in [5, 5.41) is 2.81. The first-order chi connectivity index (χ1) is 12.3. The van der Waals surface area contributed by atoms with Crippen LogP contribution in [0, 0.1) is 5.82 Å². The molecule has 1 amide bonds. The van der Waals surface area contributed by atoms with Gasteiger partial charge in [0.2, 0.25) is 0 Å². The molecule has 2 aromatic rings. The normalized spacial score (nSPS) is 11.4. The van der Waals surface area contributed by atoms with Crippen molar-refractivity contribution >= 4 is 21.6 Å². The number of hydrogen-bond acceptors (Lipinski definition) is 4. The van der Waals surface area contributed by atoms with E-state index >= 15 is 0 Å². The number of sulfonamides is 1. The number of halogens is 1. The summed E-state index contributed by atoms with van der Waals surface area (Å²) in [5.74, 6) is -0.721. The quantitative estimate of drug-likeness (QED) is 0.690. The summed E-state index contributed by atoms with van der Waals surface area (Å²) in [6, 6.07) is 10.6. The average molecular weight is 379 g/mol. The van der Waals surface area contributed by atoms with Crippen molar-refractivity contribution in [3.8, 4) is 0 Å². The van der Waals surface area contributed by atoms with E-state index < -0.39 is 15.8 Å². The average Bonchev–Trinajstić information content (AvgIpc) is 2.59. The van der Waals surface area contributed by atoms with Gasteiger partial charge < -0.3 is 10.2 Å². The summed E-state index contributed by atoms with van der Waals surface area (Å²) >= 11 is 0. The molecule has 0 aliphatic carbocycles. The molecule has 0 saturated heterocycles. The van der Waals surface area contributed by atoms with Crippen LogP contribution < -0.4 is 10.0 Å². The number of carbonyl (C=O) groups is 1. The van der Waals surface area contributed by atoms with Gasteiger partial charge in [-0.25, -0.2) is 12.8 Å². The summed E-state index contributed by atoms with van der Waals surface area (Å²) in [5.41, 5.74) is 0.762. The Morgan fingerprint density at radius 3 is 2.23 bits per heavy atom. The molecule has 0 aliphatic rings. The lowest BCUT2D eigenvalue weighted by Gasteiger charge is -2.11. The highest BCUT2D eigenvalue weighted by atomic mass is 32.2. The Balaban J connectivity index is 1.96. The van der Waals surface area contributed by atoms with Gasteiger partial charge in [-0.05, 0) is 75.6 Å². The topological polar surface area (TPSA) is 78.5 Å². The molecule has 0 fully saturated rings. The van der Waals surface area contributed by atoms with E-state index in [0.29, 0.717) is 17.8 Å². The van der Waals surface area contributed by atoms with Gasteiger partial charge in [0.25, 0.3) is 15.9 Å². The van der Waals surface area contributed by atoms with E-state index in [1.807, 2.05) is 19.0 Å². The van der Waals surface area contributed by atoms with Crippen LogP contribution in [0.15, 0.2) is 53.4 Å². The van der Waals surface area contributed by atoms with E-state index in [9.17, 15) is 17.6 Å². The molecule has 0 aliphatic heterocycles. The van der Waals surface area contributed by atoms with Crippen LogP contribution in [0.5, 0.6) is 0 Å². The number of benzene rings is 2. The van der Waals surface area contributed by atoms with Crippen LogP contribution in [0.1, 0.15) is 16.8 Å². The fourth-order valence-electron chi connectivity index (χ4n) is 2.22. The van der Waals surface area contributed by atoms with Crippen LogP contribution in [0.4, 0.5) is 10.1 Å². The lowest BCUT2D eigenvalue weighted by molar-refractivity contribution is 0.0952. The molecule has 0 heterocycles. The summed E-state index contributed by atoms with van der Waals surface area (Å²) in [7, 11) is 0.121.